The number of hydrogen-bond acceptors (Lipinski definition) is 1. The molecule has 23 heavy (non-hydrogen) atoms. The van der Waals surface area contributed by atoms with Crippen molar-refractivity contribution in [2.24, 2.45) is 0 Å². The first-order chi connectivity index (χ1) is 11.1. The molecule has 4 rings (SSSR count). The van der Waals surface area contributed by atoms with Gasteiger partial charge in [-0.3, -0.25) is 4.40 Å². The first kappa shape index (κ1) is 14.3. The zero-order valence-electron chi connectivity index (χ0n) is 14.2. The normalized spacial score (nSPS) is 12.3. The fourth-order valence-electron chi connectivity index (χ4n) is 3.80. The molecular formula is C21H22N2. The Labute approximate surface area is 136 Å². The minimum absolute atomic E-state index is 0.442. The third kappa shape index (κ3) is 1.98. The van der Waals surface area contributed by atoms with E-state index in [0.717, 1.165) is 11.2 Å². The van der Waals surface area contributed by atoms with Gasteiger partial charge in [0.25, 0.3) is 0 Å². The van der Waals surface area contributed by atoms with Crippen LogP contribution in [-0.2, 0) is 0 Å². The summed E-state index contributed by atoms with van der Waals surface area (Å²) in [6.45, 7) is 9.14. The van der Waals surface area contributed by atoms with Gasteiger partial charge in [0, 0.05) is 11.1 Å². The lowest BCUT2D eigenvalue weighted by atomic mass is 9.90. The van der Waals surface area contributed by atoms with Crippen molar-refractivity contribution in [3.05, 3.63) is 59.8 Å². The Balaban J connectivity index is 2.37. The van der Waals surface area contributed by atoms with Gasteiger partial charge in [-0.05, 0) is 34.9 Å². The molecule has 0 aliphatic carbocycles. The minimum atomic E-state index is 0.442. The van der Waals surface area contributed by atoms with Crippen LogP contribution in [0.15, 0.2) is 48.5 Å². The van der Waals surface area contributed by atoms with Crippen LogP contribution in [0.4, 0.5) is 0 Å². The lowest BCUT2D eigenvalue weighted by Gasteiger charge is -2.21. The molecule has 0 N–H and O–H groups in total. The second-order valence-corrected chi connectivity index (χ2v) is 6.91. The lowest BCUT2D eigenvalue weighted by Crippen LogP contribution is -2.08. The maximum absolute atomic E-state index is 4.95. The van der Waals surface area contributed by atoms with E-state index in [1.807, 2.05) is 0 Å². The molecule has 0 spiro atoms. The Morgan fingerprint density at radius 1 is 0.783 bits per heavy atom. The van der Waals surface area contributed by atoms with E-state index in [-0.39, 0.29) is 0 Å². The first-order valence-corrected chi connectivity index (χ1v) is 8.41. The van der Waals surface area contributed by atoms with Gasteiger partial charge in [-0.25, -0.2) is 4.98 Å². The highest BCUT2D eigenvalue weighted by Crippen LogP contribution is 2.37. The molecule has 0 saturated carbocycles. The van der Waals surface area contributed by atoms with Crippen molar-refractivity contribution in [2.75, 3.05) is 0 Å². The molecule has 0 amide bonds. The summed E-state index contributed by atoms with van der Waals surface area (Å²) in [5, 5.41) is 2.59. The van der Waals surface area contributed by atoms with E-state index in [2.05, 4.69) is 80.6 Å². The molecule has 2 heterocycles. The number of pyridine rings is 1. The van der Waals surface area contributed by atoms with Crippen LogP contribution < -0.4 is 0 Å². The zero-order valence-corrected chi connectivity index (χ0v) is 14.2. The summed E-state index contributed by atoms with van der Waals surface area (Å²) in [5.41, 5.74) is 6.20. The minimum Gasteiger partial charge on any atom is -0.296 e. The third-order valence-electron chi connectivity index (χ3n) is 4.66. The van der Waals surface area contributed by atoms with Gasteiger partial charge in [-0.2, -0.15) is 0 Å². The number of para-hydroxylation sites is 2. The van der Waals surface area contributed by atoms with E-state index in [1.165, 1.54) is 27.5 Å². The van der Waals surface area contributed by atoms with Gasteiger partial charge in [0.2, 0.25) is 0 Å². The zero-order chi connectivity index (χ0) is 16.1. The molecule has 0 unspecified atom stereocenters. The maximum Gasteiger partial charge on any atom is 0.146 e. The van der Waals surface area contributed by atoms with Gasteiger partial charge < -0.3 is 0 Å². The smallest absolute Gasteiger partial charge is 0.146 e. The van der Waals surface area contributed by atoms with Gasteiger partial charge in [0.05, 0.1) is 11.0 Å². The van der Waals surface area contributed by atoms with E-state index in [9.17, 15) is 0 Å². The van der Waals surface area contributed by atoms with Gasteiger partial charge >= 0.3 is 0 Å². The molecule has 4 aromatic rings. The topological polar surface area (TPSA) is 17.3 Å². The molecule has 0 saturated heterocycles. The second kappa shape index (κ2) is 5.09. The fourth-order valence-corrected chi connectivity index (χ4v) is 3.80. The standard InChI is InChI=1S/C21H22N2/c1-13(2)19-15-9-5-6-10-16(15)21-22-17-11-7-8-12-18(17)23(21)20(19)14(3)4/h5-14H,1-4H3. The van der Waals surface area contributed by atoms with Crippen LogP contribution in [0, 0.1) is 0 Å². The number of nitrogens with zero attached hydrogens (tertiary/aromatic N) is 2. The van der Waals surface area contributed by atoms with Crippen molar-refractivity contribution in [3.63, 3.8) is 0 Å². The number of fused-ring (bicyclic) bond motifs is 5. The number of aromatic nitrogens is 2. The molecule has 0 bridgehead atoms. The molecular weight excluding hydrogens is 280 g/mol. The molecule has 0 atom stereocenters. The summed E-state index contributed by atoms with van der Waals surface area (Å²) in [5.74, 6) is 0.917. The third-order valence-corrected chi connectivity index (χ3v) is 4.66. The van der Waals surface area contributed by atoms with Gasteiger partial charge in [-0.1, -0.05) is 64.1 Å². The molecule has 0 fully saturated rings. The van der Waals surface area contributed by atoms with Crippen LogP contribution in [0.25, 0.3) is 27.5 Å². The van der Waals surface area contributed by atoms with Crippen LogP contribution in [0.3, 0.4) is 0 Å². The Morgan fingerprint density at radius 2 is 1.43 bits per heavy atom. The van der Waals surface area contributed by atoms with Crippen LogP contribution in [0.2, 0.25) is 0 Å². The maximum atomic E-state index is 4.95. The summed E-state index contributed by atoms with van der Waals surface area (Å²) in [7, 11) is 0. The van der Waals surface area contributed by atoms with Crippen molar-refractivity contribution in [3.8, 4) is 0 Å². The predicted octanol–water partition coefficient (Wildman–Crippen LogP) is 5.89. The van der Waals surface area contributed by atoms with Crippen LogP contribution >= 0.6 is 0 Å². The van der Waals surface area contributed by atoms with E-state index in [4.69, 9.17) is 4.98 Å². The fraction of sp³-hybridized carbons (Fsp3) is 0.286. The molecule has 116 valence electrons. The van der Waals surface area contributed by atoms with Crippen LogP contribution in [0.1, 0.15) is 50.8 Å². The Morgan fingerprint density at radius 3 is 2.13 bits per heavy atom. The summed E-state index contributed by atoms with van der Waals surface area (Å²) in [6, 6.07) is 17.2. The first-order valence-electron chi connectivity index (χ1n) is 8.41. The largest absolute Gasteiger partial charge is 0.296 e. The highest BCUT2D eigenvalue weighted by molar-refractivity contribution is 6.01. The summed E-state index contributed by atoms with van der Waals surface area (Å²) >= 11 is 0. The number of benzene rings is 2. The number of hydrogen-bond donors (Lipinski definition) is 0. The Kier molecular flexibility index (Phi) is 3.15. The van der Waals surface area contributed by atoms with Gasteiger partial charge in [0.15, 0.2) is 0 Å². The number of imidazole rings is 1. The van der Waals surface area contributed by atoms with Gasteiger partial charge in [-0.15, -0.1) is 0 Å². The van der Waals surface area contributed by atoms with Crippen molar-refractivity contribution in [2.45, 2.75) is 39.5 Å². The summed E-state index contributed by atoms with van der Waals surface area (Å²) in [6.07, 6.45) is 0. The average Bonchev–Trinajstić information content (AvgIpc) is 2.92. The van der Waals surface area contributed by atoms with Crippen molar-refractivity contribution >= 4 is 27.5 Å². The highest BCUT2D eigenvalue weighted by atomic mass is 15.0. The molecule has 0 radical (unpaired) electrons. The summed E-state index contributed by atoms with van der Waals surface area (Å²) < 4.78 is 2.39. The van der Waals surface area contributed by atoms with E-state index >= 15 is 0 Å². The lowest BCUT2D eigenvalue weighted by molar-refractivity contribution is 0.755. The van der Waals surface area contributed by atoms with Crippen molar-refractivity contribution < 1.29 is 0 Å². The van der Waals surface area contributed by atoms with Gasteiger partial charge in [0.1, 0.15) is 5.65 Å². The van der Waals surface area contributed by atoms with E-state index in [1.54, 1.807) is 0 Å². The summed E-state index contributed by atoms with van der Waals surface area (Å²) in [4.78, 5) is 4.95. The molecule has 2 aromatic heterocycles. The van der Waals surface area contributed by atoms with Crippen molar-refractivity contribution in [1.29, 1.82) is 0 Å². The Hall–Kier alpha value is -2.35. The average molecular weight is 302 g/mol. The SMILES string of the molecule is CC(C)c1c(C(C)C)n2c3ccccc3nc2c2ccccc12. The highest BCUT2D eigenvalue weighted by Gasteiger charge is 2.21. The van der Waals surface area contributed by atoms with Crippen LogP contribution in [0.5, 0.6) is 0 Å². The van der Waals surface area contributed by atoms with Crippen LogP contribution in [-0.4, -0.2) is 9.38 Å². The molecule has 0 aliphatic rings. The van der Waals surface area contributed by atoms with Crippen molar-refractivity contribution in [1.82, 2.24) is 9.38 Å². The van der Waals surface area contributed by atoms with E-state index in [0.29, 0.717) is 11.8 Å². The molecule has 2 heteroatoms. The second-order valence-electron chi connectivity index (χ2n) is 6.91. The monoisotopic (exact) mass is 302 g/mol. The molecule has 2 aromatic carbocycles. The predicted molar refractivity (Wildman–Crippen MR) is 98.4 cm³/mol. The number of rotatable bonds is 2. The van der Waals surface area contributed by atoms with E-state index < -0.39 is 0 Å². The quantitative estimate of drug-likeness (QED) is 0.451. The molecule has 0 aliphatic heterocycles. The molecule has 2 nitrogen and oxygen atoms in total. The Bertz CT molecular complexity index is 1020.